The number of imide groups is 3. The highest BCUT2D eigenvalue weighted by Gasteiger charge is 2.25. The third-order valence-electron chi connectivity index (χ3n) is 2.78. The van der Waals surface area contributed by atoms with Crippen LogP contribution in [0.4, 0.5) is 0 Å². The quantitative estimate of drug-likeness (QED) is 0.766. The van der Waals surface area contributed by atoms with Crippen molar-refractivity contribution in [3.05, 3.63) is 35.9 Å². The lowest BCUT2D eigenvalue weighted by Gasteiger charge is -2.17. The number of amides is 3. The van der Waals surface area contributed by atoms with Crippen LogP contribution < -0.4 is 0 Å². The predicted molar refractivity (Wildman–Crippen MR) is 72.4 cm³/mol. The van der Waals surface area contributed by atoms with Crippen LogP contribution >= 0.6 is 0 Å². The molecule has 1 aromatic carbocycles. The van der Waals surface area contributed by atoms with Gasteiger partial charge in [-0.3, -0.25) is 14.4 Å². The molecule has 1 rings (SSSR count). The molecule has 0 aliphatic carbocycles. The Bertz CT molecular complexity index is 454. The number of hydrogen-bond donors (Lipinski definition) is 0. The van der Waals surface area contributed by atoms with Crippen molar-refractivity contribution >= 4 is 17.7 Å². The van der Waals surface area contributed by atoms with Crippen molar-refractivity contribution < 1.29 is 14.4 Å². The molecule has 0 heterocycles. The molecular formula is C15H19NO3. The molecular weight excluding hydrogens is 242 g/mol. The molecule has 3 amide bonds. The van der Waals surface area contributed by atoms with E-state index in [1.165, 1.54) is 6.92 Å². The van der Waals surface area contributed by atoms with E-state index in [2.05, 4.69) is 0 Å². The monoisotopic (exact) mass is 261 g/mol. The normalized spacial score (nSPS) is 10.0. The molecule has 0 atom stereocenters. The molecule has 0 bridgehead atoms. The Kier molecular flexibility index (Phi) is 5.93. The molecule has 0 saturated heterocycles. The maximum absolute atomic E-state index is 12.1. The van der Waals surface area contributed by atoms with Gasteiger partial charge in [0.2, 0.25) is 11.8 Å². The molecule has 4 heteroatoms. The summed E-state index contributed by atoms with van der Waals surface area (Å²) in [6, 6.07) is 8.37. The Balaban J connectivity index is 2.80. The maximum Gasteiger partial charge on any atom is 0.267 e. The molecule has 0 radical (unpaired) electrons. The molecule has 0 fully saturated rings. The number of nitrogens with zero attached hydrogens (tertiary/aromatic N) is 1. The Labute approximate surface area is 113 Å². The van der Waals surface area contributed by atoms with Crippen LogP contribution in [0.25, 0.3) is 0 Å². The van der Waals surface area contributed by atoms with E-state index in [1.54, 1.807) is 30.3 Å². The molecule has 0 saturated carbocycles. The van der Waals surface area contributed by atoms with Crippen LogP contribution in [-0.2, 0) is 9.59 Å². The predicted octanol–water partition coefficient (Wildman–Crippen LogP) is 2.78. The first kappa shape index (κ1) is 15.1. The number of carbonyl (C=O) groups excluding carboxylic acids is 3. The summed E-state index contributed by atoms with van der Waals surface area (Å²) in [7, 11) is 0. The highest BCUT2D eigenvalue weighted by molar-refractivity contribution is 6.15. The van der Waals surface area contributed by atoms with E-state index in [-0.39, 0.29) is 6.42 Å². The van der Waals surface area contributed by atoms with Crippen LogP contribution in [0.1, 0.15) is 49.9 Å². The van der Waals surface area contributed by atoms with Crippen LogP contribution in [0, 0.1) is 0 Å². The zero-order valence-corrected chi connectivity index (χ0v) is 11.4. The third-order valence-corrected chi connectivity index (χ3v) is 2.78. The van der Waals surface area contributed by atoms with Crippen molar-refractivity contribution in [2.24, 2.45) is 0 Å². The van der Waals surface area contributed by atoms with E-state index in [9.17, 15) is 14.4 Å². The lowest BCUT2D eigenvalue weighted by atomic mass is 10.1. The Morgan fingerprint density at radius 1 is 1.05 bits per heavy atom. The van der Waals surface area contributed by atoms with Gasteiger partial charge in [0.1, 0.15) is 0 Å². The van der Waals surface area contributed by atoms with E-state index in [0.717, 1.165) is 17.7 Å². The van der Waals surface area contributed by atoms with Gasteiger partial charge in [-0.2, -0.15) is 0 Å². The Morgan fingerprint density at radius 3 is 2.21 bits per heavy atom. The molecule has 1 aromatic rings. The van der Waals surface area contributed by atoms with Crippen molar-refractivity contribution in [2.75, 3.05) is 0 Å². The second-order valence-electron chi connectivity index (χ2n) is 4.38. The summed E-state index contributed by atoms with van der Waals surface area (Å²) in [5, 5.41) is 0. The fourth-order valence-electron chi connectivity index (χ4n) is 1.78. The van der Waals surface area contributed by atoms with E-state index in [1.807, 2.05) is 6.92 Å². The lowest BCUT2D eigenvalue weighted by molar-refractivity contribution is -0.140. The highest BCUT2D eigenvalue weighted by Crippen LogP contribution is 2.09. The third kappa shape index (κ3) is 4.32. The zero-order chi connectivity index (χ0) is 14.3. The minimum absolute atomic E-state index is 0.228. The number of benzene rings is 1. The number of rotatable bonds is 5. The van der Waals surface area contributed by atoms with Gasteiger partial charge in [0.15, 0.2) is 0 Å². The lowest BCUT2D eigenvalue weighted by Crippen LogP contribution is -2.40. The number of hydrogen-bond acceptors (Lipinski definition) is 3. The summed E-state index contributed by atoms with van der Waals surface area (Å²) in [5.41, 5.74) is 0.349. The molecule has 0 unspecified atom stereocenters. The second kappa shape index (κ2) is 7.46. The number of unbranched alkanes of at least 4 members (excludes halogenated alkanes) is 2. The summed E-state index contributed by atoms with van der Waals surface area (Å²) >= 11 is 0. The molecule has 4 nitrogen and oxygen atoms in total. The topological polar surface area (TPSA) is 54.5 Å². The van der Waals surface area contributed by atoms with Gasteiger partial charge in [0, 0.05) is 18.9 Å². The molecule has 102 valence electrons. The average Bonchev–Trinajstić information content (AvgIpc) is 2.39. The van der Waals surface area contributed by atoms with Crippen molar-refractivity contribution in [3.63, 3.8) is 0 Å². The van der Waals surface area contributed by atoms with Crippen LogP contribution in [-0.4, -0.2) is 22.6 Å². The Hall–Kier alpha value is -1.97. The molecule has 0 aliphatic heterocycles. The summed E-state index contributed by atoms with van der Waals surface area (Å²) in [6.07, 6.45) is 2.82. The first-order valence-electron chi connectivity index (χ1n) is 6.50. The SMILES string of the molecule is CCCCCC(=O)N(C(C)=O)C(=O)c1ccccc1. The van der Waals surface area contributed by atoms with E-state index < -0.39 is 17.7 Å². The molecule has 0 spiro atoms. The molecule has 0 aliphatic rings. The fraction of sp³-hybridized carbons (Fsp3) is 0.400. The molecule has 19 heavy (non-hydrogen) atoms. The summed E-state index contributed by atoms with van der Waals surface area (Å²) in [5.74, 6) is -1.50. The summed E-state index contributed by atoms with van der Waals surface area (Å²) in [4.78, 5) is 36.4. The first-order valence-corrected chi connectivity index (χ1v) is 6.50. The van der Waals surface area contributed by atoms with Gasteiger partial charge in [-0.15, -0.1) is 0 Å². The highest BCUT2D eigenvalue weighted by atomic mass is 16.2. The average molecular weight is 261 g/mol. The summed E-state index contributed by atoms with van der Waals surface area (Å²) in [6.45, 7) is 3.26. The van der Waals surface area contributed by atoms with Gasteiger partial charge in [-0.1, -0.05) is 38.0 Å². The zero-order valence-electron chi connectivity index (χ0n) is 11.4. The van der Waals surface area contributed by atoms with Crippen molar-refractivity contribution in [3.8, 4) is 0 Å². The van der Waals surface area contributed by atoms with Gasteiger partial charge in [-0.05, 0) is 18.6 Å². The van der Waals surface area contributed by atoms with Gasteiger partial charge < -0.3 is 0 Å². The van der Waals surface area contributed by atoms with Crippen LogP contribution in [0.5, 0.6) is 0 Å². The van der Waals surface area contributed by atoms with Crippen LogP contribution in [0.2, 0.25) is 0 Å². The minimum atomic E-state index is -0.547. The summed E-state index contributed by atoms with van der Waals surface area (Å²) < 4.78 is 0. The first-order chi connectivity index (χ1) is 9.07. The van der Waals surface area contributed by atoms with E-state index >= 15 is 0 Å². The van der Waals surface area contributed by atoms with Gasteiger partial charge in [0.25, 0.3) is 5.91 Å². The van der Waals surface area contributed by atoms with E-state index in [4.69, 9.17) is 0 Å². The fourth-order valence-corrected chi connectivity index (χ4v) is 1.78. The van der Waals surface area contributed by atoms with Gasteiger partial charge in [-0.25, -0.2) is 4.90 Å². The van der Waals surface area contributed by atoms with Crippen molar-refractivity contribution in [1.82, 2.24) is 4.90 Å². The molecule has 0 aromatic heterocycles. The van der Waals surface area contributed by atoms with Gasteiger partial charge in [0.05, 0.1) is 0 Å². The van der Waals surface area contributed by atoms with Crippen molar-refractivity contribution in [2.45, 2.75) is 39.5 Å². The van der Waals surface area contributed by atoms with E-state index in [0.29, 0.717) is 12.0 Å². The maximum atomic E-state index is 12.1. The smallest absolute Gasteiger partial charge is 0.267 e. The standard InChI is InChI=1S/C15H19NO3/c1-3-4-6-11-14(18)16(12(2)17)15(19)13-9-7-5-8-10-13/h5,7-10H,3-4,6,11H2,1-2H3. The largest absolute Gasteiger partial charge is 0.274 e. The van der Waals surface area contributed by atoms with Crippen LogP contribution in [0.3, 0.4) is 0 Å². The Morgan fingerprint density at radius 2 is 1.68 bits per heavy atom. The van der Waals surface area contributed by atoms with Gasteiger partial charge >= 0.3 is 0 Å². The van der Waals surface area contributed by atoms with Crippen LogP contribution in [0.15, 0.2) is 30.3 Å². The number of carbonyl (C=O) groups is 3. The van der Waals surface area contributed by atoms with Crippen molar-refractivity contribution in [1.29, 1.82) is 0 Å². The minimum Gasteiger partial charge on any atom is -0.274 e. The molecule has 0 N–H and O–H groups in total. The second-order valence-corrected chi connectivity index (χ2v) is 4.38.